The summed E-state index contributed by atoms with van der Waals surface area (Å²) in [5.41, 5.74) is 0.947. The summed E-state index contributed by atoms with van der Waals surface area (Å²) < 4.78 is 26.7. The Morgan fingerprint density at radius 3 is 2.67 bits per heavy atom. The van der Waals surface area contributed by atoms with Gasteiger partial charge in [0.1, 0.15) is 4.90 Å². The van der Waals surface area contributed by atoms with Gasteiger partial charge in [0.05, 0.1) is 5.02 Å². The van der Waals surface area contributed by atoms with Crippen molar-refractivity contribution in [2.24, 2.45) is 0 Å². The van der Waals surface area contributed by atoms with E-state index < -0.39 is 10.0 Å². The number of rotatable bonds is 7. The summed E-state index contributed by atoms with van der Waals surface area (Å²) in [6, 6.07) is 5.76. The SMILES string of the molecule is CCC(C)N(C)S(=O)(=O)c1cc(CNC2CC2)ccc1Cl. The minimum Gasteiger partial charge on any atom is -0.310 e. The van der Waals surface area contributed by atoms with Crippen molar-refractivity contribution in [3.63, 3.8) is 0 Å². The molecule has 1 aromatic rings. The highest BCUT2D eigenvalue weighted by molar-refractivity contribution is 7.89. The molecule has 1 aliphatic rings. The van der Waals surface area contributed by atoms with Gasteiger partial charge in [0, 0.05) is 25.7 Å². The highest BCUT2D eigenvalue weighted by atomic mass is 35.5. The zero-order valence-electron chi connectivity index (χ0n) is 12.8. The highest BCUT2D eigenvalue weighted by Crippen LogP contribution is 2.27. The summed E-state index contributed by atoms with van der Waals surface area (Å²) in [5.74, 6) is 0. The number of nitrogens with zero attached hydrogens (tertiary/aromatic N) is 1. The van der Waals surface area contributed by atoms with Crippen molar-refractivity contribution in [2.45, 2.75) is 56.6 Å². The molecule has 0 aromatic heterocycles. The normalized spacial score (nSPS) is 17.2. The minimum atomic E-state index is -3.55. The van der Waals surface area contributed by atoms with E-state index in [1.807, 2.05) is 19.9 Å². The first-order chi connectivity index (χ1) is 9.86. The maximum atomic E-state index is 12.7. The van der Waals surface area contributed by atoms with Crippen molar-refractivity contribution in [2.75, 3.05) is 7.05 Å². The van der Waals surface area contributed by atoms with Gasteiger partial charge in [-0.15, -0.1) is 0 Å². The molecule has 1 aliphatic carbocycles. The van der Waals surface area contributed by atoms with Gasteiger partial charge < -0.3 is 5.32 Å². The molecule has 1 aromatic carbocycles. The minimum absolute atomic E-state index is 0.0562. The quantitative estimate of drug-likeness (QED) is 0.836. The summed E-state index contributed by atoms with van der Waals surface area (Å²) >= 11 is 6.12. The van der Waals surface area contributed by atoms with E-state index in [-0.39, 0.29) is 16.0 Å². The molecule has 1 N–H and O–H groups in total. The van der Waals surface area contributed by atoms with Crippen LogP contribution in [0, 0.1) is 0 Å². The van der Waals surface area contributed by atoms with Crippen LogP contribution in [-0.4, -0.2) is 31.9 Å². The smallest absolute Gasteiger partial charge is 0.244 e. The summed E-state index contributed by atoms with van der Waals surface area (Å²) in [6.07, 6.45) is 3.17. The molecular weight excluding hydrogens is 308 g/mol. The van der Waals surface area contributed by atoms with Gasteiger partial charge in [-0.2, -0.15) is 4.31 Å². The van der Waals surface area contributed by atoms with Crippen molar-refractivity contribution >= 4 is 21.6 Å². The molecule has 0 aliphatic heterocycles. The molecule has 0 radical (unpaired) electrons. The van der Waals surface area contributed by atoms with Crippen LogP contribution in [0.25, 0.3) is 0 Å². The van der Waals surface area contributed by atoms with Crippen LogP contribution in [0.3, 0.4) is 0 Å². The van der Waals surface area contributed by atoms with Gasteiger partial charge in [0.2, 0.25) is 10.0 Å². The Balaban J connectivity index is 2.25. The highest BCUT2D eigenvalue weighted by Gasteiger charge is 2.27. The summed E-state index contributed by atoms with van der Waals surface area (Å²) in [7, 11) is -1.95. The van der Waals surface area contributed by atoms with E-state index in [4.69, 9.17) is 11.6 Å². The predicted molar refractivity (Wildman–Crippen MR) is 86.0 cm³/mol. The lowest BCUT2D eigenvalue weighted by molar-refractivity contribution is 0.380. The second-order valence-corrected chi connectivity index (χ2v) is 8.07. The number of nitrogens with one attached hydrogen (secondary N) is 1. The summed E-state index contributed by atoms with van der Waals surface area (Å²) in [6.45, 7) is 4.54. The average molecular weight is 331 g/mol. The number of benzene rings is 1. The van der Waals surface area contributed by atoms with Crippen LogP contribution < -0.4 is 5.32 Å². The van der Waals surface area contributed by atoms with E-state index in [9.17, 15) is 8.42 Å². The van der Waals surface area contributed by atoms with Gasteiger partial charge in [-0.3, -0.25) is 0 Å². The zero-order chi connectivity index (χ0) is 15.6. The van der Waals surface area contributed by atoms with E-state index >= 15 is 0 Å². The molecule has 1 saturated carbocycles. The third-order valence-corrected chi connectivity index (χ3v) is 6.49. The molecule has 0 saturated heterocycles. The van der Waals surface area contributed by atoms with Gasteiger partial charge in [-0.1, -0.05) is 24.6 Å². The second-order valence-electron chi connectivity index (χ2n) is 5.70. The first-order valence-electron chi connectivity index (χ1n) is 7.36. The predicted octanol–water partition coefficient (Wildman–Crippen LogP) is 3.01. The number of halogens is 1. The monoisotopic (exact) mass is 330 g/mol. The molecule has 0 spiro atoms. The van der Waals surface area contributed by atoms with E-state index in [1.165, 1.54) is 17.1 Å². The molecule has 21 heavy (non-hydrogen) atoms. The lowest BCUT2D eigenvalue weighted by Gasteiger charge is -2.24. The van der Waals surface area contributed by atoms with E-state index in [1.54, 1.807) is 19.2 Å². The second kappa shape index (κ2) is 6.65. The Labute approximate surface area is 132 Å². The lowest BCUT2D eigenvalue weighted by atomic mass is 10.2. The maximum Gasteiger partial charge on any atom is 0.244 e. The fraction of sp³-hybridized carbons (Fsp3) is 0.600. The van der Waals surface area contributed by atoms with Crippen molar-refractivity contribution in [3.8, 4) is 0 Å². The molecule has 2 rings (SSSR count). The first-order valence-corrected chi connectivity index (χ1v) is 9.18. The van der Waals surface area contributed by atoms with Gasteiger partial charge in [0.25, 0.3) is 0 Å². The van der Waals surface area contributed by atoms with Crippen LogP contribution in [0.2, 0.25) is 5.02 Å². The van der Waals surface area contributed by atoms with E-state index in [0.717, 1.165) is 12.0 Å². The van der Waals surface area contributed by atoms with Gasteiger partial charge in [-0.05, 0) is 43.9 Å². The zero-order valence-corrected chi connectivity index (χ0v) is 14.3. The third-order valence-electron chi connectivity index (χ3n) is 4.04. The van der Waals surface area contributed by atoms with E-state index in [0.29, 0.717) is 12.6 Å². The maximum absolute atomic E-state index is 12.7. The average Bonchev–Trinajstić information content (AvgIpc) is 3.28. The molecule has 0 amide bonds. The molecule has 1 atom stereocenters. The fourth-order valence-electron chi connectivity index (χ4n) is 2.05. The largest absolute Gasteiger partial charge is 0.310 e. The van der Waals surface area contributed by atoms with Gasteiger partial charge >= 0.3 is 0 Å². The summed E-state index contributed by atoms with van der Waals surface area (Å²) in [4.78, 5) is 0.196. The number of sulfonamides is 1. The molecule has 1 unspecified atom stereocenters. The van der Waals surface area contributed by atoms with Gasteiger partial charge in [0.15, 0.2) is 0 Å². The first kappa shape index (κ1) is 16.7. The molecule has 6 heteroatoms. The third kappa shape index (κ3) is 3.97. The molecule has 0 heterocycles. The topological polar surface area (TPSA) is 49.4 Å². The Bertz CT molecular complexity index is 600. The Hall–Kier alpha value is -0.620. The Morgan fingerprint density at radius 1 is 1.43 bits per heavy atom. The molecule has 4 nitrogen and oxygen atoms in total. The number of hydrogen-bond acceptors (Lipinski definition) is 3. The number of hydrogen-bond donors (Lipinski definition) is 1. The van der Waals surface area contributed by atoms with E-state index in [2.05, 4.69) is 5.32 Å². The fourth-order valence-corrected chi connectivity index (χ4v) is 4.01. The standard InChI is InChI=1S/C15H23ClN2O2S/c1-4-11(2)18(3)21(19,20)15-9-12(5-8-14(15)16)10-17-13-6-7-13/h5,8-9,11,13,17H,4,6-7,10H2,1-3H3. The van der Waals surface area contributed by atoms with Crippen LogP contribution >= 0.6 is 11.6 Å². The van der Waals surface area contributed by atoms with Gasteiger partial charge in [-0.25, -0.2) is 8.42 Å². The molecule has 118 valence electrons. The molecule has 1 fully saturated rings. The van der Waals surface area contributed by atoms with Crippen LogP contribution in [0.4, 0.5) is 0 Å². The Morgan fingerprint density at radius 2 is 2.10 bits per heavy atom. The van der Waals surface area contributed by atoms with Crippen molar-refractivity contribution in [1.29, 1.82) is 0 Å². The molecule has 0 bridgehead atoms. The Kier molecular flexibility index (Phi) is 5.30. The van der Waals surface area contributed by atoms with Crippen molar-refractivity contribution < 1.29 is 8.42 Å². The van der Waals surface area contributed by atoms with Crippen molar-refractivity contribution in [1.82, 2.24) is 9.62 Å². The van der Waals surface area contributed by atoms with Crippen LogP contribution in [0.15, 0.2) is 23.1 Å². The van der Waals surface area contributed by atoms with Crippen LogP contribution in [0.5, 0.6) is 0 Å². The molecular formula is C15H23ClN2O2S. The summed E-state index contributed by atoms with van der Waals surface area (Å²) in [5, 5.41) is 3.66. The van der Waals surface area contributed by atoms with Crippen molar-refractivity contribution in [3.05, 3.63) is 28.8 Å². The van der Waals surface area contributed by atoms with Crippen LogP contribution in [0.1, 0.15) is 38.7 Å². The van der Waals surface area contributed by atoms with Crippen LogP contribution in [-0.2, 0) is 16.6 Å². The lowest BCUT2D eigenvalue weighted by Crippen LogP contribution is -2.34.